The summed E-state index contributed by atoms with van der Waals surface area (Å²) in [6, 6.07) is 10.9. The number of aryl methyl sites for hydroxylation is 1. The van der Waals surface area contributed by atoms with Crippen LogP contribution in [0, 0.1) is 13.0 Å². The maximum atomic E-state index is 14.3. The van der Waals surface area contributed by atoms with E-state index in [2.05, 4.69) is 11.2 Å². The second-order valence-corrected chi connectivity index (χ2v) is 10.00. The number of hydrogen-bond acceptors (Lipinski definition) is 3. The molecule has 1 aromatic heterocycles. The van der Waals surface area contributed by atoms with Crippen molar-refractivity contribution < 1.29 is 35.7 Å². The molecule has 3 fully saturated rings. The quantitative estimate of drug-likeness (QED) is 0.416. The number of hydrogen-bond donors (Lipinski definition) is 0. The Balaban J connectivity index is 0.00000274. The summed E-state index contributed by atoms with van der Waals surface area (Å²) < 4.78 is 35.5. The monoisotopic (exact) mass is 506 g/mol. The molecule has 2 aliphatic heterocycles. The van der Waals surface area contributed by atoms with Gasteiger partial charge in [-0.25, -0.2) is 0 Å². The third kappa shape index (κ3) is 5.27. The van der Waals surface area contributed by atoms with Crippen LogP contribution in [-0.4, -0.2) is 47.1 Å². The summed E-state index contributed by atoms with van der Waals surface area (Å²) in [5.74, 6) is -2.62. The first kappa shape index (κ1) is 25.4. The van der Waals surface area contributed by atoms with Gasteiger partial charge in [0.15, 0.2) is 6.71 Å². The van der Waals surface area contributed by atoms with Crippen LogP contribution in [0.1, 0.15) is 60.7 Å². The summed E-state index contributed by atoms with van der Waals surface area (Å²) in [5.41, 5.74) is 2.56. The van der Waals surface area contributed by atoms with Crippen molar-refractivity contribution in [3.63, 3.8) is 0 Å². The van der Waals surface area contributed by atoms with Crippen LogP contribution in [0.15, 0.2) is 24.3 Å². The van der Waals surface area contributed by atoms with Gasteiger partial charge in [-0.3, -0.25) is 9.48 Å². The maximum absolute atomic E-state index is 14.3. The third-order valence-corrected chi connectivity index (χ3v) is 7.45. The van der Waals surface area contributed by atoms with Crippen molar-refractivity contribution in [1.82, 2.24) is 14.7 Å². The molecule has 2 saturated heterocycles. The molecule has 0 N–H and O–H groups in total. The number of carbonyl (C=O) groups excluding carboxylic acids is 1. The van der Waals surface area contributed by atoms with Crippen LogP contribution in [0.25, 0.3) is 0 Å². The van der Waals surface area contributed by atoms with Gasteiger partial charge in [0.05, 0.1) is 5.69 Å². The summed E-state index contributed by atoms with van der Waals surface area (Å²) in [7, 11) is 0. The topological polar surface area (TPSA) is 47.4 Å². The number of nitrogens with zero attached hydrogens (tertiary/aromatic N) is 3. The number of aromatic nitrogens is 2. The zero-order chi connectivity index (χ0) is 23.2. The van der Waals surface area contributed by atoms with E-state index in [0.717, 1.165) is 63.2 Å². The molecule has 1 amide bonds. The Morgan fingerprint density at radius 2 is 2.00 bits per heavy atom. The predicted octanol–water partition coefficient (Wildman–Crippen LogP) is 4.85. The molecule has 1 saturated carbocycles. The molecule has 2 atom stereocenters. The van der Waals surface area contributed by atoms with E-state index in [-0.39, 0.29) is 47.5 Å². The number of ether oxygens (including phenoxy) is 1. The Labute approximate surface area is 211 Å². The number of halogens is 2. The fourth-order valence-corrected chi connectivity index (χ4v) is 5.62. The molecular weight excluding hydrogens is 475 g/mol. The molecule has 34 heavy (non-hydrogen) atoms. The largest absolute Gasteiger partial charge is 0.383 e. The van der Waals surface area contributed by atoms with Crippen LogP contribution < -0.4 is 0 Å². The maximum Gasteiger partial charge on any atom is 0.286 e. The molecule has 5 rings (SSSR count). The van der Waals surface area contributed by atoms with Crippen molar-refractivity contribution in [2.45, 2.75) is 76.0 Å². The minimum absolute atomic E-state index is 0. The zero-order valence-electron chi connectivity index (χ0n) is 19.8. The minimum atomic E-state index is -3.04. The van der Waals surface area contributed by atoms with E-state index in [9.17, 15) is 13.6 Å². The fraction of sp³-hybridized carbons (Fsp3) is 0.600. The molecule has 2 unspecified atom stereocenters. The first-order valence-electron chi connectivity index (χ1n) is 12.1. The van der Waals surface area contributed by atoms with E-state index in [1.54, 1.807) is 0 Å². The summed E-state index contributed by atoms with van der Waals surface area (Å²) in [5, 5.41) is 4.44. The van der Waals surface area contributed by atoms with Crippen molar-refractivity contribution >= 4 is 12.6 Å². The van der Waals surface area contributed by atoms with E-state index in [4.69, 9.17) is 4.74 Å². The third-order valence-electron chi connectivity index (χ3n) is 7.45. The van der Waals surface area contributed by atoms with Crippen LogP contribution in [0.5, 0.6) is 0 Å². The Morgan fingerprint density at radius 3 is 2.65 bits per heavy atom. The molecule has 182 valence electrons. The summed E-state index contributed by atoms with van der Waals surface area (Å²) >= 11 is 0. The van der Waals surface area contributed by atoms with Gasteiger partial charge in [-0.2, -0.15) is 43.7 Å². The Hall–Kier alpha value is -1.68. The van der Waals surface area contributed by atoms with E-state index in [1.165, 1.54) is 10.7 Å². The Bertz CT molecular complexity index is 1020. The Kier molecular flexibility index (Phi) is 7.57. The summed E-state index contributed by atoms with van der Waals surface area (Å²) in [6.07, 6.45) is 4.84. The van der Waals surface area contributed by atoms with Gasteiger partial charge in [0.25, 0.3) is 5.92 Å². The van der Waals surface area contributed by atoms with E-state index in [0.29, 0.717) is 24.8 Å². The van der Waals surface area contributed by atoms with Crippen LogP contribution >= 0.6 is 0 Å². The number of carbonyl (C=O) groups is 1. The predicted molar refractivity (Wildman–Crippen MR) is 123 cm³/mol. The molecule has 2 aromatic rings. The number of benzene rings is 1. The molecule has 1 aliphatic carbocycles. The van der Waals surface area contributed by atoms with Gasteiger partial charge < -0.3 is 9.64 Å². The number of likely N-dealkylation sites (tertiary alicyclic amines) is 1. The molecule has 9 heteroatoms. The first-order chi connectivity index (χ1) is 15.8. The fourth-order valence-electron chi connectivity index (χ4n) is 5.62. The van der Waals surface area contributed by atoms with Gasteiger partial charge in [-0.1, -0.05) is 19.6 Å². The van der Waals surface area contributed by atoms with Crippen molar-refractivity contribution in [2.75, 3.05) is 19.8 Å². The molecule has 0 radical (unpaired) electrons. The SMILES string of the molecule is Cc1[c-]c(C2C(B3CCOCC3)CCN2C(=O)Cn2nc(C3CC3)cc2C(C)(F)F)ccc1.[Cr]. The number of amides is 1. The van der Waals surface area contributed by atoms with Crippen molar-refractivity contribution in [3.8, 4) is 0 Å². The summed E-state index contributed by atoms with van der Waals surface area (Å²) in [4.78, 5) is 15.5. The molecule has 5 nitrogen and oxygen atoms in total. The number of rotatable bonds is 6. The van der Waals surface area contributed by atoms with E-state index in [1.807, 2.05) is 30.0 Å². The zero-order valence-corrected chi connectivity index (χ0v) is 21.1. The van der Waals surface area contributed by atoms with Gasteiger partial charge in [0, 0.05) is 56.0 Å². The van der Waals surface area contributed by atoms with Gasteiger partial charge >= 0.3 is 0 Å². The van der Waals surface area contributed by atoms with Crippen LogP contribution in [0.2, 0.25) is 18.5 Å². The second kappa shape index (κ2) is 10.1. The van der Waals surface area contributed by atoms with E-state index >= 15 is 0 Å². The van der Waals surface area contributed by atoms with Gasteiger partial charge in [-0.15, -0.1) is 5.56 Å². The smallest absolute Gasteiger partial charge is 0.286 e. The van der Waals surface area contributed by atoms with Crippen LogP contribution in [0.4, 0.5) is 8.78 Å². The van der Waals surface area contributed by atoms with Crippen LogP contribution in [0.3, 0.4) is 0 Å². The molecule has 3 aliphatic rings. The molecule has 3 heterocycles. The van der Waals surface area contributed by atoms with Crippen molar-refractivity contribution in [1.29, 1.82) is 0 Å². The van der Waals surface area contributed by atoms with Gasteiger partial charge in [0.2, 0.25) is 5.91 Å². The normalized spacial score (nSPS) is 23.2. The van der Waals surface area contributed by atoms with Crippen molar-refractivity contribution in [3.05, 3.63) is 52.8 Å². The molecule has 0 spiro atoms. The average Bonchev–Trinajstić information content (AvgIpc) is 3.38. The second-order valence-electron chi connectivity index (χ2n) is 10.00. The Morgan fingerprint density at radius 1 is 1.26 bits per heavy atom. The standard InChI is InChI=1S/C25H31BF2N3O2.Cr/c1-17-4-3-5-19(14-17)24-20(26-9-12-33-13-10-26)8-11-30(24)23(32)16-31-22(25(2,27)28)15-21(29-31)18-6-7-18;/h3-5,15,18,20,24H,6-13,16H2,1-2H3;/q-1;. The first-order valence-corrected chi connectivity index (χ1v) is 12.1. The molecule has 1 aromatic carbocycles. The van der Waals surface area contributed by atoms with Crippen LogP contribution in [-0.2, 0) is 39.4 Å². The van der Waals surface area contributed by atoms with E-state index < -0.39 is 5.92 Å². The molecule has 0 bridgehead atoms. The molecular formula is C25H31BCrF2N3O2-. The average molecular weight is 506 g/mol. The summed E-state index contributed by atoms with van der Waals surface area (Å²) in [6.45, 7) is 5.35. The van der Waals surface area contributed by atoms with Gasteiger partial charge in [0.1, 0.15) is 12.2 Å². The van der Waals surface area contributed by atoms with Crippen molar-refractivity contribution in [2.24, 2.45) is 0 Å². The number of alkyl halides is 2. The minimum Gasteiger partial charge on any atom is -0.383 e. The van der Waals surface area contributed by atoms with Gasteiger partial charge in [-0.05, 0) is 31.1 Å².